The summed E-state index contributed by atoms with van der Waals surface area (Å²) < 4.78 is 0. The van der Waals surface area contributed by atoms with E-state index in [1.165, 1.54) is 38.6 Å². The van der Waals surface area contributed by atoms with E-state index in [1.54, 1.807) is 0 Å². The van der Waals surface area contributed by atoms with E-state index in [4.69, 9.17) is 0 Å². The molecule has 1 aliphatic heterocycles. The lowest BCUT2D eigenvalue weighted by atomic mass is 10.0. The minimum absolute atomic E-state index is 0.381. The summed E-state index contributed by atoms with van der Waals surface area (Å²) in [5.41, 5.74) is -0.381. The van der Waals surface area contributed by atoms with Crippen LogP contribution in [0.25, 0.3) is 0 Å². The summed E-state index contributed by atoms with van der Waals surface area (Å²) >= 11 is 0. The van der Waals surface area contributed by atoms with Gasteiger partial charge in [0.15, 0.2) is 0 Å². The molecule has 1 saturated heterocycles. The van der Waals surface area contributed by atoms with Crippen LogP contribution in [0.5, 0.6) is 0 Å². The Morgan fingerprint density at radius 2 is 2.06 bits per heavy atom. The summed E-state index contributed by atoms with van der Waals surface area (Å²) in [7, 11) is 0. The highest BCUT2D eigenvalue weighted by atomic mass is 16.3. The first kappa shape index (κ1) is 13.3. The molecule has 2 aliphatic rings. The van der Waals surface area contributed by atoms with Gasteiger partial charge in [0.05, 0.1) is 5.60 Å². The minimum Gasteiger partial charge on any atom is -0.389 e. The number of nitrogens with one attached hydrogen (secondary N) is 1. The van der Waals surface area contributed by atoms with E-state index in [2.05, 4.69) is 17.1 Å². The highest BCUT2D eigenvalue weighted by Crippen LogP contribution is 2.30. The van der Waals surface area contributed by atoms with E-state index in [0.717, 1.165) is 32.5 Å². The van der Waals surface area contributed by atoms with Crippen LogP contribution in [0.2, 0.25) is 0 Å². The van der Waals surface area contributed by atoms with Crippen molar-refractivity contribution in [2.75, 3.05) is 26.2 Å². The second-order valence-electron chi connectivity index (χ2n) is 5.96. The number of aliphatic hydroxyl groups is 1. The number of hydrogen-bond donors (Lipinski definition) is 2. The summed E-state index contributed by atoms with van der Waals surface area (Å²) in [6, 6.07) is 0.659. The van der Waals surface area contributed by atoms with Crippen LogP contribution in [0.3, 0.4) is 0 Å². The molecular weight excluding hydrogens is 212 g/mol. The van der Waals surface area contributed by atoms with Gasteiger partial charge in [0.25, 0.3) is 0 Å². The Hall–Kier alpha value is -0.120. The summed E-state index contributed by atoms with van der Waals surface area (Å²) in [5, 5.41) is 14.1. The first-order valence-electron chi connectivity index (χ1n) is 7.40. The van der Waals surface area contributed by atoms with Crippen LogP contribution >= 0.6 is 0 Å². The van der Waals surface area contributed by atoms with Crippen molar-refractivity contribution in [1.82, 2.24) is 10.2 Å². The maximum Gasteiger partial charge on any atom is 0.0774 e. The smallest absolute Gasteiger partial charge is 0.0774 e. The standard InChI is InChI=1S/C14H28N2O/c1-2-10-16(11-13-6-5-9-15-13)12-14(17)7-3-4-8-14/h13,15,17H,2-12H2,1H3. The zero-order valence-electron chi connectivity index (χ0n) is 11.2. The van der Waals surface area contributed by atoms with Gasteiger partial charge in [-0.15, -0.1) is 0 Å². The van der Waals surface area contributed by atoms with Gasteiger partial charge in [0, 0.05) is 19.1 Å². The lowest BCUT2D eigenvalue weighted by molar-refractivity contribution is 0.00743. The molecule has 0 bridgehead atoms. The first-order valence-corrected chi connectivity index (χ1v) is 7.40. The Morgan fingerprint density at radius 3 is 2.65 bits per heavy atom. The largest absolute Gasteiger partial charge is 0.389 e. The molecule has 0 aromatic carbocycles. The monoisotopic (exact) mass is 240 g/mol. The Bertz CT molecular complexity index is 220. The molecular formula is C14H28N2O. The number of hydrogen-bond acceptors (Lipinski definition) is 3. The lowest BCUT2D eigenvalue weighted by Gasteiger charge is -2.32. The highest BCUT2D eigenvalue weighted by Gasteiger charge is 2.33. The van der Waals surface area contributed by atoms with Gasteiger partial charge in [0.1, 0.15) is 0 Å². The predicted octanol–water partition coefficient (Wildman–Crippen LogP) is 1.76. The molecule has 2 N–H and O–H groups in total. The maximum atomic E-state index is 10.5. The van der Waals surface area contributed by atoms with E-state index in [1.807, 2.05) is 0 Å². The van der Waals surface area contributed by atoms with E-state index >= 15 is 0 Å². The minimum atomic E-state index is -0.381. The third kappa shape index (κ3) is 3.94. The van der Waals surface area contributed by atoms with Crippen LogP contribution in [-0.2, 0) is 0 Å². The molecule has 0 aromatic rings. The van der Waals surface area contributed by atoms with Crippen LogP contribution in [0.4, 0.5) is 0 Å². The lowest BCUT2D eigenvalue weighted by Crippen LogP contribution is -2.46. The number of rotatable bonds is 6. The summed E-state index contributed by atoms with van der Waals surface area (Å²) in [4.78, 5) is 2.48. The van der Waals surface area contributed by atoms with Crippen LogP contribution in [0.1, 0.15) is 51.9 Å². The molecule has 17 heavy (non-hydrogen) atoms. The Kier molecular flexibility index (Phi) is 4.83. The fraction of sp³-hybridized carbons (Fsp3) is 1.00. The van der Waals surface area contributed by atoms with Crippen molar-refractivity contribution in [2.24, 2.45) is 0 Å². The van der Waals surface area contributed by atoms with Gasteiger partial charge in [0.2, 0.25) is 0 Å². The van der Waals surface area contributed by atoms with E-state index in [-0.39, 0.29) is 5.60 Å². The molecule has 1 saturated carbocycles. The fourth-order valence-corrected chi connectivity index (χ4v) is 3.38. The SMILES string of the molecule is CCCN(CC1CCCN1)CC1(O)CCCC1. The highest BCUT2D eigenvalue weighted by molar-refractivity contribution is 4.89. The van der Waals surface area contributed by atoms with Gasteiger partial charge in [-0.05, 0) is 45.2 Å². The molecule has 0 aromatic heterocycles. The molecule has 1 unspecified atom stereocenters. The van der Waals surface area contributed by atoms with Crippen LogP contribution in [0, 0.1) is 0 Å². The zero-order valence-corrected chi connectivity index (χ0v) is 11.2. The third-order valence-corrected chi connectivity index (χ3v) is 4.23. The fourth-order valence-electron chi connectivity index (χ4n) is 3.38. The van der Waals surface area contributed by atoms with Crippen LogP contribution in [-0.4, -0.2) is 47.8 Å². The Balaban J connectivity index is 1.82. The molecule has 1 heterocycles. The van der Waals surface area contributed by atoms with Crippen molar-refractivity contribution in [1.29, 1.82) is 0 Å². The van der Waals surface area contributed by atoms with E-state index in [0.29, 0.717) is 6.04 Å². The molecule has 1 aliphatic carbocycles. The van der Waals surface area contributed by atoms with Gasteiger partial charge < -0.3 is 10.4 Å². The normalized spacial score (nSPS) is 28.1. The first-order chi connectivity index (χ1) is 8.22. The van der Waals surface area contributed by atoms with Crippen LogP contribution in [0.15, 0.2) is 0 Å². The molecule has 2 rings (SSSR count). The quantitative estimate of drug-likeness (QED) is 0.742. The maximum absolute atomic E-state index is 10.5. The third-order valence-electron chi connectivity index (χ3n) is 4.23. The Morgan fingerprint density at radius 1 is 1.29 bits per heavy atom. The molecule has 1 atom stereocenters. The summed E-state index contributed by atoms with van der Waals surface area (Å²) in [6.07, 6.45) is 8.23. The van der Waals surface area contributed by atoms with E-state index in [9.17, 15) is 5.11 Å². The van der Waals surface area contributed by atoms with Crippen molar-refractivity contribution in [3.63, 3.8) is 0 Å². The summed E-state index contributed by atoms with van der Waals surface area (Å²) in [5.74, 6) is 0. The molecule has 2 fully saturated rings. The molecule has 0 amide bonds. The average Bonchev–Trinajstić information content (AvgIpc) is 2.90. The molecule has 0 radical (unpaired) electrons. The zero-order chi connectivity index (χ0) is 12.1. The van der Waals surface area contributed by atoms with Crippen molar-refractivity contribution >= 4 is 0 Å². The Labute approximate surface area is 106 Å². The average molecular weight is 240 g/mol. The molecule has 0 spiro atoms. The van der Waals surface area contributed by atoms with Gasteiger partial charge in [-0.2, -0.15) is 0 Å². The second kappa shape index (κ2) is 6.17. The number of nitrogens with zero attached hydrogens (tertiary/aromatic N) is 1. The predicted molar refractivity (Wildman–Crippen MR) is 71.2 cm³/mol. The van der Waals surface area contributed by atoms with Crippen molar-refractivity contribution in [2.45, 2.75) is 63.5 Å². The van der Waals surface area contributed by atoms with E-state index < -0.39 is 0 Å². The van der Waals surface area contributed by atoms with Gasteiger partial charge >= 0.3 is 0 Å². The van der Waals surface area contributed by atoms with Gasteiger partial charge in [-0.3, -0.25) is 4.90 Å². The second-order valence-corrected chi connectivity index (χ2v) is 5.96. The van der Waals surface area contributed by atoms with Gasteiger partial charge in [-0.25, -0.2) is 0 Å². The van der Waals surface area contributed by atoms with Crippen LogP contribution < -0.4 is 5.32 Å². The molecule has 3 nitrogen and oxygen atoms in total. The van der Waals surface area contributed by atoms with Crippen molar-refractivity contribution in [3.05, 3.63) is 0 Å². The topological polar surface area (TPSA) is 35.5 Å². The molecule has 100 valence electrons. The summed E-state index contributed by atoms with van der Waals surface area (Å²) in [6.45, 7) is 6.54. The molecule has 3 heteroatoms. The van der Waals surface area contributed by atoms with Crippen molar-refractivity contribution < 1.29 is 5.11 Å². The van der Waals surface area contributed by atoms with Gasteiger partial charge in [-0.1, -0.05) is 19.8 Å². The van der Waals surface area contributed by atoms with Crippen molar-refractivity contribution in [3.8, 4) is 0 Å².